The van der Waals surface area contributed by atoms with Crippen molar-refractivity contribution < 1.29 is 0 Å². The molecular weight excluding hydrogens is 345 g/mol. The van der Waals surface area contributed by atoms with E-state index in [2.05, 4.69) is 97.2 Å². The smallest absolute Gasteiger partial charge is 0.0400 e. The molecule has 0 aliphatic rings. The fourth-order valence-corrected chi connectivity index (χ4v) is 2.47. The predicted octanol–water partition coefficient (Wildman–Crippen LogP) is 5.20. The Balaban J connectivity index is 2.01. The largest absolute Gasteiger partial charge is 0.381 e. The number of benzene rings is 2. The van der Waals surface area contributed by atoms with Crippen LogP contribution in [0, 0.1) is 3.57 Å². The number of nitrogens with one attached hydrogen (secondary N) is 1. The molecule has 0 saturated carbocycles. The normalized spacial score (nSPS) is 11.4. The average molecular weight is 365 g/mol. The highest BCUT2D eigenvalue weighted by atomic mass is 127. The third-order valence-electron chi connectivity index (χ3n) is 3.14. The number of hydrogen-bond acceptors (Lipinski definition) is 1. The molecule has 1 nitrogen and oxygen atoms in total. The Morgan fingerprint density at radius 1 is 1.00 bits per heavy atom. The molecule has 2 rings (SSSR count). The molecular formula is C17H20IN. The van der Waals surface area contributed by atoms with Crippen molar-refractivity contribution in [2.75, 3.05) is 5.32 Å². The molecule has 0 aliphatic carbocycles. The van der Waals surface area contributed by atoms with Gasteiger partial charge in [-0.25, -0.2) is 0 Å². The highest BCUT2D eigenvalue weighted by Crippen LogP contribution is 2.22. The highest BCUT2D eigenvalue weighted by Gasteiger charge is 2.12. The first-order valence-electron chi connectivity index (χ1n) is 6.54. The number of hydrogen-bond donors (Lipinski definition) is 1. The summed E-state index contributed by atoms with van der Waals surface area (Å²) in [5, 5.41) is 3.46. The molecule has 0 atom stereocenters. The quantitative estimate of drug-likeness (QED) is 0.737. The molecule has 0 spiro atoms. The summed E-state index contributed by atoms with van der Waals surface area (Å²) in [4.78, 5) is 0. The minimum Gasteiger partial charge on any atom is -0.381 e. The van der Waals surface area contributed by atoms with Gasteiger partial charge in [0.15, 0.2) is 0 Å². The zero-order valence-corrected chi connectivity index (χ0v) is 13.9. The molecule has 0 saturated heterocycles. The van der Waals surface area contributed by atoms with E-state index in [1.54, 1.807) is 0 Å². The van der Waals surface area contributed by atoms with Gasteiger partial charge in [-0.3, -0.25) is 0 Å². The van der Waals surface area contributed by atoms with Crippen LogP contribution in [0.1, 0.15) is 31.9 Å². The van der Waals surface area contributed by atoms with E-state index < -0.39 is 0 Å². The zero-order valence-electron chi connectivity index (χ0n) is 11.7. The van der Waals surface area contributed by atoms with Crippen LogP contribution in [0.2, 0.25) is 0 Å². The second-order valence-corrected chi connectivity index (χ2v) is 7.06. The molecule has 0 bridgehead atoms. The van der Waals surface area contributed by atoms with Crippen LogP contribution < -0.4 is 5.32 Å². The SMILES string of the molecule is CC(C)(C)c1ccc(CNc2cccc(I)c2)cc1. The van der Waals surface area contributed by atoms with E-state index >= 15 is 0 Å². The molecule has 0 aromatic heterocycles. The third-order valence-corrected chi connectivity index (χ3v) is 3.81. The van der Waals surface area contributed by atoms with E-state index in [9.17, 15) is 0 Å². The number of anilines is 1. The van der Waals surface area contributed by atoms with E-state index in [1.165, 1.54) is 20.4 Å². The Kier molecular flexibility index (Phi) is 4.50. The first kappa shape index (κ1) is 14.4. The van der Waals surface area contributed by atoms with Gasteiger partial charge in [0.05, 0.1) is 0 Å². The van der Waals surface area contributed by atoms with Gasteiger partial charge in [-0.05, 0) is 57.3 Å². The fraction of sp³-hybridized carbons (Fsp3) is 0.294. The summed E-state index contributed by atoms with van der Waals surface area (Å²) in [6, 6.07) is 17.3. The van der Waals surface area contributed by atoms with Gasteiger partial charge in [0.25, 0.3) is 0 Å². The van der Waals surface area contributed by atoms with Crippen molar-refractivity contribution in [3.63, 3.8) is 0 Å². The Morgan fingerprint density at radius 2 is 1.68 bits per heavy atom. The standard InChI is InChI=1S/C17H20IN/c1-17(2,3)14-9-7-13(8-10-14)12-19-16-6-4-5-15(18)11-16/h4-11,19H,12H2,1-3H3. The molecule has 1 N–H and O–H groups in total. The summed E-state index contributed by atoms with van der Waals surface area (Å²) in [6.45, 7) is 7.59. The lowest BCUT2D eigenvalue weighted by Crippen LogP contribution is -2.11. The summed E-state index contributed by atoms with van der Waals surface area (Å²) >= 11 is 2.33. The van der Waals surface area contributed by atoms with E-state index in [0.29, 0.717) is 0 Å². The predicted molar refractivity (Wildman–Crippen MR) is 91.6 cm³/mol. The van der Waals surface area contributed by atoms with Gasteiger partial charge in [-0.15, -0.1) is 0 Å². The van der Waals surface area contributed by atoms with Crippen LogP contribution in [0.3, 0.4) is 0 Å². The summed E-state index contributed by atoms with van der Waals surface area (Å²) in [5.41, 5.74) is 4.09. The number of rotatable bonds is 3. The van der Waals surface area contributed by atoms with Crippen LogP contribution in [-0.2, 0) is 12.0 Å². The molecule has 2 heteroatoms. The van der Waals surface area contributed by atoms with Crippen molar-refractivity contribution in [3.05, 3.63) is 63.2 Å². The fourth-order valence-electron chi connectivity index (χ4n) is 1.93. The molecule has 0 unspecified atom stereocenters. The third kappa shape index (κ3) is 4.23. The van der Waals surface area contributed by atoms with Crippen LogP contribution in [-0.4, -0.2) is 0 Å². The minimum absolute atomic E-state index is 0.224. The molecule has 19 heavy (non-hydrogen) atoms. The van der Waals surface area contributed by atoms with E-state index in [-0.39, 0.29) is 5.41 Å². The van der Waals surface area contributed by atoms with E-state index in [4.69, 9.17) is 0 Å². The molecule has 2 aromatic rings. The average Bonchev–Trinajstić information content (AvgIpc) is 2.36. The minimum atomic E-state index is 0.224. The second-order valence-electron chi connectivity index (χ2n) is 5.81. The Morgan fingerprint density at radius 3 is 2.26 bits per heavy atom. The lowest BCUT2D eigenvalue weighted by Gasteiger charge is -2.19. The van der Waals surface area contributed by atoms with Crippen LogP contribution in [0.15, 0.2) is 48.5 Å². The van der Waals surface area contributed by atoms with Gasteiger partial charge in [0.1, 0.15) is 0 Å². The van der Waals surface area contributed by atoms with Gasteiger partial charge in [-0.2, -0.15) is 0 Å². The van der Waals surface area contributed by atoms with Crippen molar-refractivity contribution >= 4 is 28.3 Å². The van der Waals surface area contributed by atoms with Crippen molar-refractivity contribution in [3.8, 4) is 0 Å². The van der Waals surface area contributed by atoms with Gasteiger partial charge in [0.2, 0.25) is 0 Å². The van der Waals surface area contributed by atoms with Crippen molar-refractivity contribution in [2.24, 2.45) is 0 Å². The lowest BCUT2D eigenvalue weighted by atomic mass is 9.87. The van der Waals surface area contributed by atoms with E-state index in [1.807, 2.05) is 0 Å². The van der Waals surface area contributed by atoms with Crippen molar-refractivity contribution in [1.82, 2.24) is 0 Å². The molecule has 0 radical (unpaired) electrons. The lowest BCUT2D eigenvalue weighted by molar-refractivity contribution is 0.590. The summed E-state index contributed by atoms with van der Waals surface area (Å²) in [6.07, 6.45) is 0. The van der Waals surface area contributed by atoms with E-state index in [0.717, 1.165) is 6.54 Å². The molecule has 0 heterocycles. The van der Waals surface area contributed by atoms with Crippen LogP contribution in [0.25, 0.3) is 0 Å². The first-order valence-corrected chi connectivity index (χ1v) is 7.62. The highest BCUT2D eigenvalue weighted by molar-refractivity contribution is 14.1. The van der Waals surface area contributed by atoms with Gasteiger partial charge < -0.3 is 5.32 Å². The molecule has 100 valence electrons. The summed E-state index contributed by atoms with van der Waals surface area (Å²) < 4.78 is 1.26. The number of halogens is 1. The molecule has 0 amide bonds. The summed E-state index contributed by atoms with van der Waals surface area (Å²) in [7, 11) is 0. The topological polar surface area (TPSA) is 12.0 Å². The van der Waals surface area contributed by atoms with Crippen LogP contribution >= 0.6 is 22.6 Å². The molecule has 0 aliphatic heterocycles. The molecule has 2 aromatic carbocycles. The Hall–Kier alpha value is -1.03. The maximum Gasteiger partial charge on any atom is 0.0400 e. The Bertz CT molecular complexity index is 538. The zero-order chi connectivity index (χ0) is 13.9. The summed E-state index contributed by atoms with van der Waals surface area (Å²) in [5.74, 6) is 0. The van der Waals surface area contributed by atoms with Crippen LogP contribution in [0.4, 0.5) is 5.69 Å². The Labute approximate surface area is 129 Å². The maximum absolute atomic E-state index is 3.46. The van der Waals surface area contributed by atoms with Crippen molar-refractivity contribution in [2.45, 2.75) is 32.7 Å². The molecule has 0 fully saturated rings. The second kappa shape index (κ2) is 5.95. The van der Waals surface area contributed by atoms with Gasteiger partial charge >= 0.3 is 0 Å². The van der Waals surface area contributed by atoms with Crippen LogP contribution in [0.5, 0.6) is 0 Å². The maximum atomic E-state index is 3.46. The van der Waals surface area contributed by atoms with Gasteiger partial charge in [-0.1, -0.05) is 51.1 Å². The monoisotopic (exact) mass is 365 g/mol. The van der Waals surface area contributed by atoms with Gasteiger partial charge in [0, 0.05) is 15.8 Å². The first-order chi connectivity index (χ1) is 8.95. The van der Waals surface area contributed by atoms with Crippen molar-refractivity contribution in [1.29, 1.82) is 0 Å².